The smallest absolute Gasteiger partial charge is 0.410 e. The molecule has 2 heterocycles. The van der Waals surface area contributed by atoms with Crippen molar-refractivity contribution in [3.05, 3.63) is 144 Å². The van der Waals surface area contributed by atoms with E-state index in [2.05, 4.69) is 34.9 Å². The number of urea groups is 1. The Kier molecular flexibility index (Phi) is 14.5. The lowest BCUT2D eigenvalue weighted by Crippen LogP contribution is -2.64. The molecule has 4 aromatic rings. The summed E-state index contributed by atoms with van der Waals surface area (Å²) >= 11 is 0. The molecule has 1 unspecified atom stereocenters. The van der Waals surface area contributed by atoms with E-state index in [1.807, 2.05) is 130 Å². The van der Waals surface area contributed by atoms with Gasteiger partial charge in [-0.25, -0.2) is 14.4 Å². The minimum absolute atomic E-state index is 0.0526. The second-order valence-electron chi connectivity index (χ2n) is 15.5. The molecule has 56 heavy (non-hydrogen) atoms. The van der Waals surface area contributed by atoms with Crippen molar-refractivity contribution in [2.24, 2.45) is 0 Å². The molecule has 2 aliphatic heterocycles. The van der Waals surface area contributed by atoms with Crippen LogP contribution < -0.4 is 10.6 Å². The third-order valence-electron chi connectivity index (χ3n) is 9.67. The summed E-state index contributed by atoms with van der Waals surface area (Å²) in [5.41, 5.74) is 3.18. The van der Waals surface area contributed by atoms with Crippen LogP contribution in [-0.4, -0.2) is 82.6 Å². The molecule has 0 aliphatic carbocycles. The highest BCUT2D eigenvalue weighted by atomic mass is 16.6. The fourth-order valence-electron chi connectivity index (χ4n) is 7.10. The first-order valence-corrected chi connectivity index (χ1v) is 19.3. The summed E-state index contributed by atoms with van der Waals surface area (Å²) in [5.74, 6) is -0.159. The van der Waals surface area contributed by atoms with Gasteiger partial charge in [-0.2, -0.15) is 0 Å². The van der Waals surface area contributed by atoms with Crippen molar-refractivity contribution in [3.63, 3.8) is 0 Å². The minimum atomic E-state index is -0.585. The molecule has 5 amide bonds. The topological polar surface area (TPSA) is 121 Å². The molecule has 0 aromatic heterocycles. The van der Waals surface area contributed by atoms with Gasteiger partial charge in [-0.15, -0.1) is 0 Å². The summed E-state index contributed by atoms with van der Waals surface area (Å²) in [6, 6.07) is 39.1. The Balaban J connectivity index is 0.000000265. The monoisotopic (exact) mass is 761 g/mol. The Labute approximate surface area is 331 Å². The van der Waals surface area contributed by atoms with Crippen LogP contribution in [0, 0.1) is 0 Å². The van der Waals surface area contributed by atoms with Crippen LogP contribution in [0.5, 0.6) is 0 Å². The van der Waals surface area contributed by atoms with Gasteiger partial charge in [-0.05, 0) is 69.2 Å². The highest BCUT2D eigenvalue weighted by Gasteiger charge is 2.45. The van der Waals surface area contributed by atoms with Crippen molar-refractivity contribution >= 4 is 24.1 Å². The average Bonchev–Trinajstić information content (AvgIpc) is 3.19. The summed E-state index contributed by atoms with van der Waals surface area (Å²) < 4.78 is 10.9. The van der Waals surface area contributed by atoms with Crippen LogP contribution in [0.3, 0.4) is 0 Å². The van der Waals surface area contributed by atoms with Crippen LogP contribution in [-0.2, 0) is 33.9 Å². The number of ether oxygens (including phenoxy) is 2. The molecule has 296 valence electrons. The van der Waals surface area contributed by atoms with Crippen molar-refractivity contribution in [2.75, 3.05) is 32.7 Å². The number of piperazine rings is 2. The molecule has 4 aromatic carbocycles. The highest BCUT2D eigenvalue weighted by molar-refractivity contribution is 5.84. The van der Waals surface area contributed by atoms with Crippen molar-refractivity contribution < 1.29 is 28.7 Å². The first-order chi connectivity index (χ1) is 26.9. The third-order valence-corrected chi connectivity index (χ3v) is 9.67. The van der Waals surface area contributed by atoms with E-state index in [4.69, 9.17) is 9.47 Å². The summed E-state index contributed by atoms with van der Waals surface area (Å²) in [6.45, 7) is 10.1. The van der Waals surface area contributed by atoms with E-state index in [9.17, 15) is 19.2 Å². The molecular formula is C45H55N5O6. The molecular weight excluding hydrogens is 707 g/mol. The predicted octanol–water partition coefficient (Wildman–Crippen LogP) is 7.73. The number of nitrogens with zero attached hydrogens (tertiary/aromatic N) is 3. The number of hydrogen-bond acceptors (Lipinski definition) is 6. The molecule has 2 aliphatic rings. The van der Waals surface area contributed by atoms with Crippen LogP contribution in [0.2, 0.25) is 0 Å². The van der Waals surface area contributed by atoms with E-state index >= 15 is 0 Å². The van der Waals surface area contributed by atoms with Crippen LogP contribution >= 0.6 is 0 Å². The molecule has 0 spiro atoms. The van der Waals surface area contributed by atoms with Gasteiger partial charge in [-0.3, -0.25) is 9.69 Å². The normalized spacial score (nSPS) is 17.1. The van der Waals surface area contributed by atoms with E-state index in [-0.39, 0.29) is 43.8 Å². The molecule has 2 saturated heterocycles. The van der Waals surface area contributed by atoms with Crippen LogP contribution in [0.25, 0.3) is 0 Å². The summed E-state index contributed by atoms with van der Waals surface area (Å²) in [6.07, 6.45) is 2.10. The van der Waals surface area contributed by atoms with Crippen molar-refractivity contribution in [1.82, 2.24) is 25.3 Å². The minimum Gasteiger partial charge on any atom is -0.445 e. The third kappa shape index (κ3) is 12.3. The van der Waals surface area contributed by atoms with Crippen molar-refractivity contribution in [1.29, 1.82) is 0 Å². The molecule has 0 bridgehead atoms. The van der Waals surface area contributed by atoms with Gasteiger partial charge in [-0.1, -0.05) is 121 Å². The molecule has 11 heteroatoms. The van der Waals surface area contributed by atoms with E-state index in [1.54, 1.807) is 4.90 Å². The largest absolute Gasteiger partial charge is 0.445 e. The van der Waals surface area contributed by atoms with Gasteiger partial charge in [0.2, 0.25) is 5.91 Å². The van der Waals surface area contributed by atoms with Gasteiger partial charge in [0.25, 0.3) is 0 Å². The molecule has 0 saturated carbocycles. The number of hydrogen-bond donors (Lipinski definition) is 2. The maximum Gasteiger partial charge on any atom is 0.410 e. The van der Waals surface area contributed by atoms with E-state index in [0.29, 0.717) is 26.2 Å². The molecule has 2 fully saturated rings. The summed E-state index contributed by atoms with van der Waals surface area (Å²) in [7, 11) is 0. The van der Waals surface area contributed by atoms with Gasteiger partial charge < -0.3 is 29.9 Å². The number of nitrogens with one attached hydrogen (secondary N) is 2. The Hall–Kier alpha value is -5.84. The van der Waals surface area contributed by atoms with Crippen molar-refractivity contribution in [3.8, 4) is 0 Å². The lowest BCUT2D eigenvalue weighted by atomic mass is 9.91. The quantitative estimate of drug-likeness (QED) is 0.160. The van der Waals surface area contributed by atoms with Gasteiger partial charge in [0.15, 0.2) is 0 Å². The standard InChI is InChI=1S/C31H37N3O3.C14H18N2O3/c1-31(2)24-33(30(36)37-23-26-17-8-4-9-18-26)22-28(27-19-10-5-11-20-27)34(31)29(35)32-21-13-12-16-25-14-6-3-7-15-25;1-14(2)10-16(8-12(17)15-14)13(18)19-9-11-6-4-3-5-7-11/h3-11,14-15,17-20,28H,12-13,16,21-24H2,1-2H3,(H,32,35);3-7H,8-10H2,1-2H3,(H,15,17). The number of aryl methyl sites for hydroxylation is 1. The maximum atomic E-state index is 13.5. The second-order valence-corrected chi connectivity index (χ2v) is 15.5. The van der Waals surface area contributed by atoms with Gasteiger partial charge >= 0.3 is 18.2 Å². The number of unbranched alkanes of at least 4 members (excludes halogenated alkanes) is 1. The zero-order valence-corrected chi connectivity index (χ0v) is 33.0. The van der Waals surface area contributed by atoms with Gasteiger partial charge in [0.1, 0.15) is 19.8 Å². The van der Waals surface area contributed by atoms with Crippen LogP contribution in [0.15, 0.2) is 121 Å². The molecule has 6 rings (SSSR count). The zero-order chi connectivity index (χ0) is 40.0. The predicted molar refractivity (Wildman–Crippen MR) is 217 cm³/mol. The molecule has 11 nitrogen and oxygen atoms in total. The fraction of sp³-hybridized carbons (Fsp3) is 0.378. The van der Waals surface area contributed by atoms with Gasteiger partial charge in [0, 0.05) is 26.2 Å². The zero-order valence-electron chi connectivity index (χ0n) is 33.0. The van der Waals surface area contributed by atoms with Crippen LogP contribution in [0.1, 0.15) is 68.8 Å². The molecule has 2 N–H and O–H groups in total. The molecule has 1 atom stereocenters. The van der Waals surface area contributed by atoms with Gasteiger partial charge in [0.05, 0.1) is 17.1 Å². The van der Waals surface area contributed by atoms with E-state index in [0.717, 1.165) is 36.0 Å². The summed E-state index contributed by atoms with van der Waals surface area (Å²) in [4.78, 5) is 55.1. The average molecular weight is 762 g/mol. The second kappa shape index (κ2) is 19.7. The lowest BCUT2D eigenvalue weighted by molar-refractivity contribution is -0.126. The highest BCUT2D eigenvalue weighted by Crippen LogP contribution is 2.35. The van der Waals surface area contributed by atoms with Crippen LogP contribution in [0.4, 0.5) is 14.4 Å². The fourth-order valence-corrected chi connectivity index (χ4v) is 7.10. The number of carbonyl (C=O) groups is 4. The van der Waals surface area contributed by atoms with E-state index < -0.39 is 17.2 Å². The number of rotatable bonds is 10. The number of benzene rings is 4. The number of amides is 5. The Morgan fingerprint density at radius 3 is 1.71 bits per heavy atom. The molecule has 0 radical (unpaired) electrons. The first kappa shape index (κ1) is 41.3. The SMILES string of the molecule is CC1(C)CN(C(=O)OCc2ccccc2)CC(=O)N1.CC1(C)CN(C(=O)OCc2ccccc2)CC(c2ccccc2)N1C(=O)NCCCCc1ccccc1. The van der Waals surface area contributed by atoms with Crippen molar-refractivity contribution in [2.45, 2.75) is 77.3 Å². The van der Waals surface area contributed by atoms with E-state index in [1.165, 1.54) is 10.5 Å². The Morgan fingerprint density at radius 1 is 0.679 bits per heavy atom. The first-order valence-electron chi connectivity index (χ1n) is 19.3. The maximum absolute atomic E-state index is 13.5. The Bertz CT molecular complexity index is 1860. The Morgan fingerprint density at radius 2 is 1.18 bits per heavy atom. The lowest BCUT2D eigenvalue weighted by Gasteiger charge is -2.51. The summed E-state index contributed by atoms with van der Waals surface area (Å²) in [5, 5.41) is 5.96. The number of carbonyl (C=O) groups excluding carboxylic acids is 4.